The van der Waals surface area contributed by atoms with E-state index in [9.17, 15) is 9.59 Å². The molecule has 0 bridgehead atoms. The van der Waals surface area contributed by atoms with E-state index < -0.39 is 0 Å². The maximum atomic E-state index is 12.5. The fraction of sp³-hybridized carbons (Fsp3) is 0.857. The molecule has 102 valence electrons. The highest BCUT2D eigenvalue weighted by Crippen LogP contribution is 2.30. The Balaban J connectivity index is 2.15. The molecule has 1 N–H and O–H groups in total. The van der Waals surface area contributed by atoms with Crippen LogP contribution in [0.1, 0.15) is 52.9 Å². The minimum atomic E-state index is -0.305. The highest BCUT2D eigenvalue weighted by Gasteiger charge is 2.44. The summed E-state index contributed by atoms with van der Waals surface area (Å²) >= 11 is 0. The number of nitrogens with one attached hydrogen (secondary N) is 1. The van der Waals surface area contributed by atoms with Crippen LogP contribution in [0.15, 0.2) is 0 Å². The molecule has 0 spiro atoms. The number of piperazine rings is 1. The van der Waals surface area contributed by atoms with Gasteiger partial charge in [0, 0.05) is 6.04 Å². The molecule has 1 heterocycles. The lowest BCUT2D eigenvalue weighted by molar-refractivity contribution is -0.154. The fourth-order valence-corrected chi connectivity index (χ4v) is 2.90. The van der Waals surface area contributed by atoms with Crippen molar-refractivity contribution in [1.29, 1.82) is 0 Å². The van der Waals surface area contributed by atoms with Crippen LogP contribution in [0.25, 0.3) is 0 Å². The Kier molecular flexibility index (Phi) is 3.93. The zero-order chi connectivity index (χ0) is 13.3. The Bertz CT molecular complexity index is 337. The van der Waals surface area contributed by atoms with Gasteiger partial charge in [-0.2, -0.15) is 0 Å². The number of carbonyl (C=O) groups excluding carboxylic acids is 2. The van der Waals surface area contributed by atoms with E-state index in [-0.39, 0.29) is 23.9 Å². The molecular weight excluding hydrogens is 228 g/mol. The Hall–Kier alpha value is -1.06. The topological polar surface area (TPSA) is 49.4 Å². The standard InChI is InChI=1S/C14H24N2O2/c1-4-12-13(17)15-11(8-9(2)3)14(18)16(12)10-6-5-7-10/h9-12H,4-8H2,1-3H3,(H,15,17). The number of nitrogens with zero attached hydrogens (tertiary/aromatic N) is 1. The van der Waals surface area contributed by atoms with E-state index in [4.69, 9.17) is 0 Å². The third-order valence-electron chi connectivity index (χ3n) is 4.07. The van der Waals surface area contributed by atoms with E-state index in [2.05, 4.69) is 19.2 Å². The van der Waals surface area contributed by atoms with Gasteiger partial charge in [-0.1, -0.05) is 20.8 Å². The SMILES string of the molecule is CCC1C(=O)NC(CC(C)C)C(=O)N1C1CCC1. The monoisotopic (exact) mass is 252 g/mol. The number of rotatable bonds is 4. The van der Waals surface area contributed by atoms with Gasteiger partial charge in [-0.15, -0.1) is 0 Å². The van der Waals surface area contributed by atoms with Gasteiger partial charge in [0.25, 0.3) is 0 Å². The van der Waals surface area contributed by atoms with Crippen molar-refractivity contribution >= 4 is 11.8 Å². The smallest absolute Gasteiger partial charge is 0.246 e. The van der Waals surface area contributed by atoms with Gasteiger partial charge in [0.1, 0.15) is 12.1 Å². The molecule has 4 nitrogen and oxygen atoms in total. The second kappa shape index (κ2) is 5.29. The van der Waals surface area contributed by atoms with Gasteiger partial charge in [-0.25, -0.2) is 0 Å². The Morgan fingerprint density at radius 3 is 2.44 bits per heavy atom. The van der Waals surface area contributed by atoms with Gasteiger partial charge in [-0.3, -0.25) is 9.59 Å². The van der Waals surface area contributed by atoms with E-state index in [0.29, 0.717) is 18.4 Å². The summed E-state index contributed by atoms with van der Waals surface area (Å²) in [5.41, 5.74) is 0. The maximum absolute atomic E-state index is 12.5. The molecule has 2 fully saturated rings. The van der Waals surface area contributed by atoms with Gasteiger partial charge in [0.2, 0.25) is 11.8 Å². The van der Waals surface area contributed by atoms with Crippen molar-refractivity contribution in [3.05, 3.63) is 0 Å². The molecule has 1 saturated heterocycles. The van der Waals surface area contributed by atoms with Crippen LogP contribution in [0.2, 0.25) is 0 Å². The van der Waals surface area contributed by atoms with Crippen LogP contribution >= 0.6 is 0 Å². The first-order chi connectivity index (χ1) is 8.54. The zero-order valence-electron chi connectivity index (χ0n) is 11.6. The molecule has 0 aromatic carbocycles. The molecule has 2 rings (SSSR count). The molecule has 0 aromatic heterocycles. The van der Waals surface area contributed by atoms with E-state index >= 15 is 0 Å². The summed E-state index contributed by atoms with van der Waals surface area (Å²) in [6.07, 6.45) is 4.75. The minimum Gasteiger partial charge on any atom is -0.342 e. The molecule has 4 heteroatoms. The lowest BCUT2D eigenvalue weighted by Crippen LogP contribution is -2.66. The molecular formula is C14H24N2O2. The molecule has 1 aliphatic carbocycles. The van der Waals surface area contributed by atoms with Gasteiger partial charge in [-0.05, 0) is 38.0 Å². The van der Waals surface area contributed by atoms with E-state index in [1.807, 2.05) is 11.8 Å². The van der Waals surface area contributed by atoms with Crippen LogP contribution in [-0.4, -0.2) is 34.8 Å². The molecule has 2 unspecified atom stereocenters. The quantitative estimate of drug-likeness (QED) is 0.827. The summed E-state index contributed by atoms with van der Waals surface area (Å²) in [5.74, 6) is 0.593. The van der Waals surface area contributed by atoms with Crippen LogP contribution in [0.3, 0.4) is 0 Å². The number of carbonyl (C=O) groups is 2. The highest BCUT2D eigenvalue weighted by atomic mass is 16.2. The van der Waals surface area contributed by atoms with Crippen molar-refractivity contribution in [2.24, 2.45) is 5.92 Å². The van der Waals surface area contributed by atoms with E-state index in [1.54, 1.807) is 0 Å². The number of amides is 2. The fourth-order valence-electron chi connectivity index (χ4n) is 2.90. The second-order valence-electron chi connectivity index (χ2n) is 5.95. The van der Waals surface area contributed by atoms with Crippen molar-refractivity contribution < 1.29 is 9.59 Å². The van der Waals surface area contributed by atoms with Crippen LogP contribution in [0.5, 0.6) is 0 Å². The van der Waals surface area contributed by atoms with Crippen LogP contribution in [0.4, 0.5) is 0 Å². The first kappa shape index (κ1) is 13.4. The van der Waals surface area contributed by atoms with Crippen molar-refractivity contribution in [2.75, 3.05) is 0 Å². The average molecular weight is 252 g/mol. The third kappa shape index (κ3) is 2.38. The second-order valence-corrected chi connectivity index (χ2v) is 5.95. The van der Waals surface area contributed by atoms with Gasteiger partial charge in [0.15, 0.2) is 0 Å². The average Bonchev–Trinajstić information content (AvgIpc) is 2.22. The molecule has 0 radical (unpaired) electrons. The molecule has 0 aromatic rings. The third-order valence-corrected chi connectivity index (χ3v) is 4.07. The summed E-state index contributed by atoms with van der Waals surface area (Å²) in [6.45, 7) is 6.14. The van der Waals surface area contributed by atoms with Crippen molar-refractivity contribution in [3.63, 3.8) is 0 Å². The number of hydrogen-bond acceptors (Lipinski definition) is 2. The molecule has 2 atom stereocenters. The van der Waals surface area contributed by atoms with Gasteiger partial charge < -0.3 is 10.2 Å². The predicted molar refractivity (Wildman–Crippen MR) is 69.9 cm³/mol. The normalized spacial score (nSPS) is 29.4. The van der Waals surface area contributed by atoms with Crippen molar-refractivity contribution in [3.8, 4) is 0 Å². The number of hydrogen-bond donors (Lipinski definition) is 1. The Morgan fingerprint density at radius 2 is 2.00 bits per heavy atom. The molecule has 1 saturated carbocycles. The first-order valence-corrected chi connectivity index (χ1v) is 7.17. The van der Waals surface area contributed by atoms with E-state index in [0.717, 1.165) is 19.3 Å². The largest absolute Gasteiger partial charge is 0.342 e. The van der Waals surface area contributed by atoms with Crippen LogP contribution in [-0.2, 0) is 9.59 Å². The summed E-state index contributed by atoms with van der Waals surface area (Å²) in [5, 5.41) is 2.90. The van der Waals surface area contributed by atoms with E-state index in [1.165, 1.54) is 6.42 Å². The highest BCUT2D eigenvalue weighted by molar-refractivity contribution is 5.97. The lowest BCUT2D eigenvalue weighted by Gasteiger charge is -2.46. The summed E-state index contributed by atoms with van der Waals surface area (Å²) in [6, 6.07) is -0.240. The minimum absolute atomic E-state index is 0.0367. The van der Waals surface area contributed by atoms with Crippen molar-refractivity contribution in [2.45, 2.75) is 71.0 Å². The molecule has 2 amide bonds. The zero-order valence-corrected chi connectivity index (χ0v) is 11.6. The maximum Gasteiger partial charge on any atom is 0.246 e. The molecule has 2 aliphatic rings. The lowest BCUT2D eigenvalue weighted by atomic mass is 9.87. The predicted octanol–water partition coefficient (Wildman–Crippen LogP) is 1.69. The van der Waals surface area contributed by atoms with Gasteiger partial charge >= 0.3 is 0 Å². The van der Waals surface area contributed by atoms with Crippen LogP contribution in [0, 0.1) is 5.92 Å². The Labute approximate surface area is 109 Å². The first-order valence-electron chi connectivity index (χ1n) is 7.17. The van der Waals surface area contributed by atoms with Crippen LogP contribution < -0.4 is 5.32 Å². The molecule has 1 aliphatic heterocycles. The summed E-state index contributed by atoms with van der Waals surface area (Å²) in [7, 11) is 0. The molecule has 18 heavy (non-hydrogen) atoms. The van der Waals surface area contributed by atoms with Gasteiger partial charge in [0.05, 0.1) is 0 Å². The Morgan fingerprint density at radius 1 is 1.33 bits per heavy atom. The summed E-state index contributed by atoms with van der Waals surface area (Å²) < 4.78 is 0. The summed E-state index contributed by atoms with van der Waals surface area (Å²) in [4.78, 5) is 26.5. The van der Waals surface area contributed by atoms with Crippen molar-refractivity contribution in [1.82, 2.24) is 10.2 Å².